The van der Waals surface area contributed by atoms with Gasteiger partial charge in [-0.15, -0.1) is 0 Å². The second-order valence-electron chi connectivity index (χ2n) is 6.46. The number of hydrogen-bond donors (Lipinski definition) is 2. The zero-order valence-corrected chi connectivity index (χ0v) is 18.8. The van der Waals surface area contributed by atoms with Gasteiger partial charge in [-0.1, -0.05) is 18.5 Å². The van der Waals surface area contributed by atoms with Crippen LogP contribution >= 0.6 is 11.6 Å². The van der Waals surface area contributed by atoms with Crippen molar-refractivity contribution in [1.82, 2.24) is 9.97 Å². The zero-order valence-electron chi connectivity index (χ0n) is 17.2. The lowest BCUT2D eigenvalue weighted by Crippen LogP contribution is -2.09. The first-order chi connectivity index (χ1) is 14.1. The van der Waals surface area contributed by atoms with Crippen LogP contribution in [0.4, 0.5) is 5.69 Å². The van der Waals surface area contributed by atoms with Crippen LogP contribution in [0.1, 0.15) is 34.2 Å². The molecule has 7 nitrogen and oxygen atoms in total. The molecule has 0 spiro atoms. The number of hydrogen-bond acceptors (Lipinski definition) is 5. The van der Waals surface area contributed by atoms with Crippen molar-refractivity contribution in [3.05, 3.63) is 76.3 Å². The number of carbonyl (C=O) groups is 1. The third-order valence-corrected chi connectivity index (χ3v) is 5.15. The van der Waals surface area contributed by atoms with Crippen LogP contribution in [0, 0.1) is 6.92 Å². The Labute approximate surface area is 181 Å². The summed E-state index contributed by atoms with van der Waals surface area (Å²) in [4.78, 5) is 19.1. The molecule has 0 amide bonds. The maximum Gasteiger partial charge on any atom is 0.229 e. The van der Waals surface area contributed by atoms with Gasteiger partial charge in [0.1, 0.15) is 5.75 Å². The molecule has 0 saturated carbocycles. The number of aryl methyl sites for hydroxylation is 1. The highest BCUT2D eigenvalue weighted by Gasteiger charge is 2.15. The summed E-state index contributed by atoms with van der Waals surface area (Å²) >= 11 is 5.91. The molecular formula is C21H24ClN3O4S. The molecule has 0 atom stereocenters. The molecule has 0 saturated heterocycles. The molecule has 0 aliphatic heterocycles. The van der Waals surface area contributed by atoms with E-state index in [2.05, 4.69) is 14.7 Å². The Balaban J connectivity index is 0.000000222. The number of benzene rings is 1. The summed E-state index contributed by atoms with van der Waals surface area (Å²) in [5.74, 6) is 0.653. The number of H-pyrrole nitrogens is 1. The SMILES string of the molecule is CCc1ccc(NS(C)(=O)=O)cn1.COc1ccc(C(=O)c2[nH]cc(Cl)c2C)cc1. The summed E-state index contributed by atoms with van der Waals surface area (Å²) in [6, 6.07) is 10.5. The van der Waals surface area contributed by atoms with E-state index in [9.17, 15) is 13.2 Å². The molecule has 9 heteroatoms. The number of methoxy groups -OCH3 is 1. The van der Waals surface area contributed by atoms with Crippen molar-refractivity contribution in [2.75, 3.05) is 18.1 Å². The quantitative estimate of drug-likeness (QED) is 0.548. The fraction of sp³-hybridized carbons (Fsp3) is 0.238. The molecule has 2 N–H and O–H groups in total. The summed E-state index contributed by atoms with van der Waals surface area (Å²) in [5, 5.41) is 0.571. The minimum atomic E-state index is -3.19. The van der Waals surface area contributed by atoms with E-state index in [-0.39, 0.29) is 5.78 Å². The Kier molecular flexibility index (Phi) is 8.02. The Morgan fingerprint density at radius 3 is 2.30 bits per heavy atom. The lowest BCUT2D eigenvalue weighted by molar-refractivity contribution is 0.103. The normalized spacial score (nSPS) is 10.7. The van der Waals surface area contributed by atoms with Crippen molar-refractivity contribution in [3.63, 3.8) is 0 Å². The van der Waals surface area contributed by atoms with Gasteiger partial charge >= 0.3 is 0 Å². The molecule has 2 heterocycles. The van der Waals surface area contributed by atoms with Crippen LogP contribution in [0.5, 0.6) is 5.75 Å². The lowest BCUT2D eigenvalue weighted by Gasteiger charge is -2.03. The minimum Gasteiger partial charge on any atom is -0.497 e. The van der Waals surface area contributed by atoms with Crippen molar-refractivity contribution >= 4 is 33.1 Å². The number of sulfonamides is 1. The van der Waals surface area contributed by atoms with Gasteiger partial charge < -0.3 is 9.72 Å². The Morgan fingerprint density at radius 2 is 1.87 bits per heavy atom. The highest BCUT2D eigenvalue weighted by Crippen LogP contribution is 2.21. The predicted octanol–water partition coefficient (Wildman–Crippen LogP) is 4.23. The molecule has 3 aromatic rings. The van der Waals surface area contributed by atoms with E-state index in [1.807, 2.05) is 13.8 Å². The second kappa shape index (κ2) is 10.3. The van der Waals surface area contributed by atoms with Gasteiger partial charge in [-0.2, -0.15) is 0 Å². The molecule has 0 bridgehead atoms. The number of anilines is 1. The van der Waals surface area contributed by atoms with Crippen molar-refractivity contribution in [2.45, 2.75) is 20.3 Å². The van der Waals surface area contributed by atoms with Gasteiger partial charge in [0.25, 0.3) is 0 Å². The summed E-state index contributed by atoms with van der Waals surface area (Å²) in [6.45, 7) is 3.81. The highest BCUT2D eigenvalue weighted by atomic mass is 35.5. The van der Waals surface area contributed by atoms with Gasteiger partial charge in [0, 0.05) is 17.5 Å². The molecule has 0 aliphatic rings. The van der Waals surface area contributed by atoms with Gasteiger partial charge in [0.2, 0.25) is 15.8 Å². The number of halogens is 1. The molecule has 3 rings (SSSR count). The first-order valence-electron chi connectivity index (χ1n) is 9.09. The molecular weight excluding hydrogens is 426 g/mol. The number of rotatable bonds is 6. The average molecular weight is 450 g/mol. The number of pyridine rings is 1. The molecule has 0 unspecified atom stereocenters. The Hall–Kier alpha value is -2.84. The van der Waals surface area contributed by atoms with E-state index in [4.69, 9.17) is 16.3 Å². The summed E-state index contributed by atoms with van der Waals surface area (Å²) in [5.41, 5.74) is 3.35. The van der Waals surface area contributed by atoms with Crippen LogP contribution in [0.15, 0.2) is 48.8 Å². The number of carbonyl (C=O) groups excluding carboxylic acids is 1. The number of ether oxygens (including phenoxy) is 1. The van der Waals surface area contributed by atoms with Crippen LogP contribution in [-0.4, -0.2) is 37.5 Å². The standard InChI is InChI=1S/C13H12ClNO2.C8H12N2O2S/c1-8-11(14)7-15-12(8)13(16)9-3-5-10(17-2)6-4-9;1-3-7-4-5-8(6-9-7)10-13(2,11)12/h3-7,15H,1-2H3;4-6,10H,3H2,1-2H3. The molecule has 2 aromatic heterocycles. The Morgan fingerprint density at radius 1 is 1.20 bits per heavy atom. The van der Waals surface area contributed by atoms with E-state index in [0.717, 1.165) is 29.7 Å². The second-order valence-corrected chi connectivity index (χ2v) is 8.62. The Bertz CT molecular complexity index is 1090. The zero-order chi connectivity index (χ0) is 22.3. The van der Waals surface area contributed by atoms with Crippen LogP contribution in [0.3, 0.4) is 0 Å². The van der Waals surface area contributed by atoms with Crippen LogP contribution in [-0.2, 0) is 16.4 Å². The average Bonchev–Trinajstić information content (AvgIpc) is 3.06. The minimum absolute atomic E-state index is 0.0722. The van der Waals surface area contributed by atoms with E-state index < -0.39 is 10.0 Å². The highest BCUT2D eigenvalue weighted by molar-refractivity contribution is 7.92. The smallest absolute Gasteiger partial charge is 0.229 e. The van der Waals surface area contributed by atoms with Crippen molar-refractivity contribution < 1.29 is 17.9 Å². The van der Waals surface area contributed by atoms with Crippen molar-refractivity contribution in [2.24, 2.45) is 0 Å². The van der Waals surface area contributed by atoms with Gasteiger partial charge in [-0.25, -0.2) is 8.42 Å². The number of aromatic nitrogens is 2. The van der Waals surface area contributed by atoms with Gasteiger partial charge in [0.05, 0.1) is 36.0 Å². The number of nitrogens with one attached hydrogen (secondary N) is 2. The first kappa shape index (κ1) is 23.4. The maximum absolute atomic E-state index is 12.1. The molecule has 160 valence electrons. The van der Waals surface area contributed by atoms with Gasteiger partial charge in [-0.05, 0) is 55.3 Å². The van der Waals surface area contributed by atoms with E-state index in [1.165, 1.54) is 6.20 Å². The fourth-order valence-electron chi connectivity index (χ4n) is 2.50. The molecule has 0 fully saturated rings. The van der Waals surface area contributed by atoms with Gasteiger partial charge in [-0.3, -0.25) is 14.5 Å². The largest absolute Gasteiger partial charge is 0.497 e. The molecule has 0 aliphatic carbocycles. The summed E-state index contributed by atoms with van der Waals surface area (Å²) in [7, 11) is -1.60. The summed E-state index contributed by atoms with van der Waals surface area (Å²) < 4.78 is 29.0. The molecule has 1 aromatic carbocycles. The van der Waals surface area contributed by atoms with E-state index >= 15 is 0 Å². The van der Waals surface area contributed by atoms with Crippen molar-refractivity contribution in [3.8, 4) is 5.75 Å². The third-order valence-electron chi connectivity index (χ3n) is 4.15. The predicted molar refractivity (Wildman–Crippen MR) is 119 cm³/mol. The monoisotopic (exact) mass is 449 g/mol. The molecule has 30 heavy (non-hydrogen) atoms. The van der Waals surface area contributed by atoms with Gasteiger partial charge in [0.15, 0.2) is 0 Å². The van der Waals surface area contributed by atoms with Crippen LogP contribution in [0.25, 0.3) is 0 Å². The molecule has 0 radical (unpaired) electrons. The van der Waals surface area contributed by atoms with E-state index in [0.29, 0.717) is 22.0 Å². The lowest BCUT2D eigenvalue weighted by atomic mass is 10.1. The van der Waals surface area contributed by atoms with Crippen molar-refractivity contribution in [1.29, 1.82) is 0 Å². The number of aromatic amines is 1. The van der Waals surface area contributed by atoms with Crippen LogP contribution < -0.4 is 9.46 Å². The van der Waals surface area contributed by atoms with Crippen LogP contribution in [0.2, 0.25) is 5.02 Å². The fourth-order valence-corrected chi connectivity index (χ4v) is 3.20. The number of nitrogens with zero attached hydrogens (tertiary/aromatic N) is 1. The maximum atomic E-state index is 12.1. The van der Waals surface area contributed by atoms with E-state index in [1.54, 1.807) is 49.7 Å². The number of ketones is 1. The summed E-state index contributed by atoms with van der Waals surface area (Å²) in [6.07, 6.45) is 5.09. The third kappa shape index (κ3) is 6.60. The topological polar surface area (TPSA) is 101 Å². The first-order valence-corrected chi connectivity index (χ1v) is 11.4.